The molecule has 0 spiro atoms. The standard InChI is InChI=1S/C18H29N3O2/c1-14-5-6-17(22-4)16(11-14)7-9-20-18(19-2)21(3)12-15-8-10-23-13-15/h5-6,11,15H,7-10,12-13H2,1-4H3,(H,19,20). The number of guanidine groups is 1. The van der Waals surface area contributed by atoms with Gasteiger partial charge in [-0.05, 0) is 31.4 Å². The van der Waals surface area contributed by atoms with Gasteiger partial charge in [-0.15, -0.1) is 0 Å². The van der Waals surface area contributed by atoms with Crippen LogP contribution in [0.4, 0.5) is 0 Å². The first-order chi connectivity index (χ1) is 11.1. The zero-order valence-electron chi connectivity index (χ0n) is 14.8. The third kappa shape index (κ3) is 5.13. The minimum Gasteiger partial charge on any atom is -0.496 e. The molecule has 0 bridgehead atoms. The molecule has 2 rings (SSSR count). The number of ether oxygens (including phenoxy) is 2. The van der Waals surface area contributed by atoms with Gasteiger partial charge < -0.3 is 19.7 Å². The Bertz CT molecular complexity index is 525. The van der Waals surface area contributed by atoms with E-state index in [1.807, 2.05) is 13.1 Å². The van der Waals surface area contributed by atoms with E-state index in [-0.39, 0.29) is 0 Å². The molecule has 1 atom stereocenters. The normalized spacial score (nSPS) is 18.1. The smallest absolute Gasteiger partial charge is 0.193 e. The van der Waals surface area contributed by atoms with Gasteiger partial charge in [0.25, 0.3) is 0 Å². The van der Waals surface area contributed by atoms with Gasteiger partial charge in [0.2, 0.25) is 0 Å². The van der Waals surface area contributed by atoms with Crippen LogP contribution in [0.25, 0.3) is 0 Å². The van der Waals surface area contributed by atoms with Crippen molar-refractivity contribution in [3.8, 4) is 5.75 Å². The maximum atomic E-state index is 5.45. The van der Waals surface area contributed by atoms with Gasteiger partial charge in [-0.3, -0.25) is 4.99 Å². The maximum Gasteiger partial charge on any atom is 0.193 e. The van der Waals surface area contributed by atoms with Crippen molar-refractivity contribution in [3.05, 3.63) is 29.3 Å². The van der Waals surface area contributed by atoms with Crippen molar-refractivity contribution in [1.82, 2.24) is 10.2 Å². The van der Waals surface area contributed by atoms with Crippen LogP contribution in [0.3, 0.4) is 0 Å². The van der Waals surface area contributed by atoms with E-state index in [0.717, 1.165) is 50.9 Å². The van der Waals surface area contributed by atoms with Gasteiger partial charge >= 0.3 is 0 Å². The summed E-state index contributed by atoms with van der Waals surface area (Å²) < 4.78 is 10.9. The molecule has 1 N–H and O–H groups in total. The summed E-state index contributed by atoms with van der Waals surface area (Å²) in [5.41, 5.74) is 2.48. The van der Waals surface area contributed by atoms with Gasteiger partial charge in [-0.1, -0.05) is 17.7 Å². The summed E-state index contributed by atoms with van der Waals surface area (Å²) in [6, 6.07) is 6.29. The number of methoxy groups -OCH3 is 1. The molecule has 0 amide bonds. The predicted octanol–water partition coefficient (Wildman–Crippen LogP) is 2.09. The van der Waals surface area contributed by atoms with Crippen molar-refractivity contribution >= 4 is 5.96 Å². The molecule has 5 heteroatoms. The molecule has 1 heterocycles. The lowest BCUT2D eigenvalue weighted by Gasteiger charge is -2.24. The monoisotopic (exact) mass is 319 g/mol. The average molecular weight is 319 g/mol. The molecule has 128 valence electrons. The van der Waals surface area contributed by atoms with E-state index in [1.165, 1.54) is 11.1 Å². The molecule has 0 aliphatic carbocycles. The van der Waals surface area contributed by atoms with Gasteiger partial charge in [0, 0.05) is 39.7 Å². The van der Waals surface area contributed by atoms with E-state index in [2.05, 4.69) is 41.3 Å². The molecule has 1 aromatic carbocycles. The summed E-state index contributed by atoms with van der Waals surface area (Å²) >= 11 is 0. The summed E-state index contributed by atoms with van der Waals surface area (Å²) in [5, 5.41) is 3.44. The number of nitrogens with zero attached hydrogens (tertiary/aromatic N) is 2. The van der Waals surface area contributed by atoms with Crippen molar-refractivity contribution in [2.75, 3.05) is 47.5 Å². The zero-order valence-corrected chi connectivity index (χ0v) is 14.8. The highest BCUT2D eigenvalue weighted by molar-refractivity contribution is 5.79. The van der Waals surface area contributed by atoms with Crippen LogP contribution in [0.2, 0.25) is 0 Å². The molecule has 1 saturated heterocycles. The minimum atomic E-state index is 0.607. The van der Waals surface area contributed by atoms with Crippen molar-refractivity contribution < 1.29 is 9.47 Å². The van der Waals surface area contributed by atoms with Crippen molar-refractivity contribution in [3.63, 3.8) is 0 Å². The molecule has 1 aliphatic rings. The Balaban J connectivity index is 1.84. The predicted molar refractivity (Wildman–Crippen MR) is 94.4 cm³/mol. The summed E-state index contributed by atoms with van der Waals surface area (Å²) in [4.78, 5) is 6.57. The highest BCUT2D eigenvalue weighted by atomic mass is 16.5. The number of rotatable bonds is 6. The first-order valence-corrected chi connectivity index (χ1v) is 8.27. The molecule has 1 aromatic rings. The van der Waals surface area contributed by atoms with Crippen molar-refractivity contribution in [1.29, 1.82) is 0 Å². The summed E-state index contributed by atoms with van der Waals surface area (Å²) in [7, 11) is 5.64. The number of hydrogen-bond acceptors (Lipinski definition) is 3. The average Bonchev–Trinajstić information content (AvgIpc) is 3.04. The Morgan fingerprint density at radius 2 is 2.30 bits per heavy atom. The third-order valence-electron chi connectivity index (χ3n) is 4.24. The molecule has 1 fully saturated rings. The molecule has 0 saturated carbocycles. The zero-order chi connectivity index (χ0) is 16.7. The number of benzene rings is 1. The molecule has 23 heavy (non-hydrogen) atoms. The lowest BCUT2D eigenvalue weighted by Crippen LogP contribution is -2.42. The van der Waals surface area contributed by atoms with Crippen LogP contribution in [0.5, 0.6) is 5.75 Å². The van der Waals surface area contributed by atoms with Crippen LogP contribution in [0, 0.1) is 12.8 Å². The summed E-state index contributed by atoms with van der Waals surface area (Å²) in [6.45, 7) is 5.66. The van der Waals surface area contributed by atoms with Crippen LogP contribution in [-0.2, 0) is 11.2 Å². The fourth-order valence-electron chi connectivity index (χ4n) is 3.00. The Hall–Kier alpha value is -1.75. The molecule has 5 nitrogen and oxygen atoms in total. The van der Waals surface area contributed by atoms with E-state index in [9.17, 15) is 0 Å². The van der Waals surface area contributed by atoms with Gasteiger partial charge in [0.1, 0.15) is 5.75 Å². The molecular formula is C18H29N3O2. The fraction of sp³-hybridized carbons (Fsp3) is 0.611. The van der Waals surface area contributed by atoms with Crippen LogP contribution >= 0.6 is 0 Å². The van der Waals surface area contributed by atoms with Gasteiger partial charge in [-0.2, -0.15) is 0 Å². The van der Waals surface area contributed by atoms with Crippen LogP contribution < -0.4 is 10.1 Å². The topological polar surface area (TPSA) is 46.1 Å². The molecule has 0 radical (unpaired) electrons. The van der Waals surface area contributed by atoms with Crippen molar-refractivity contribution in [2.24, 2.45) is 10.9 Å². The van der Waals surface area contributed by atoms with E-state index < -0.39 is 0 Å². The fourth-order valence-corrected chi connectivity index (χ4v) is 3.00. The van der Waals surface area contributed by atoms with E-state index in [0.29, 0.717) is 5.92 Å². The second-order valence-corrected chi connectivity index (χ2v) is 6.15. The minimum absolute atomic E-state index is 0.607. The third-order valence-corrected chi connectivity index (χ3v) is 4.24. The summed E-state index contributed by atoms with van der Waals surface area (Å²) in [6.07, 6.45) is 2.05. The van der Waals surface area contributed by atoms with Crippen LogP contribution in [0.15, 0.2) is 23.2 Å². The molecular weight excluding hydrogens is 290 g/mol. The number of aliphatic imine (C=N–C) groups is 1. The second kappa shape index (κ2) is 8.77. The Labute approximate surface area is 139 Å². The highest BCUT2D eigenvalue weighted by Gasteiger charge is 2.19. The number of nitrogens with one attached hydrogen (secondary N) is 1. The van der Waals surface area contributed by atoms with Crippen molar-refractivity contribution in [2.45, 2.75) is 19.8 Å². The molecule has 1 unspecified atom stereocenters. The van der Waals surface area contributed by atoms with Gasteiger partial charge in [0.05, 0.1) is 13.7 Å². The quantitative estimate of drug-likeness (QED) is 0.644. The van der Waals surface area contributed by atoms with E-state index in [4.69, 9.17) is 9.47 Å². The number of aryl methyl sites for hydroxylation is 1. The highest BCUT2D eigenvalue weighted by Crippen LogP contribution is 2.19. The van der Waals surface area contributed by atoms with E-state index >= 15 is 0 Å². The largest absolute Gasteiger partial charge is 0.496 e. The van der Waals surface area contributed by atoms with E-state index in [1.54, 1.807) is 7.11 Å². The Morgan fingerprint density at radius 3 is 2.96 bits per heavy atom. The van der Waals surface area contributed by atoms with Crippen LogP contribution in [0.1, 0.15) is 17.5 Å². The molecule has 1 aliphatic heterocycles. The van der Waals surface area contributed by atoms with Crippen LogP contribution in [-0.4, -0.2) is 58.4 Å². The lowest BCUT2D eigenvalue weighted by molar-refractivity contribution is 0.181. The van der Waals surface area contributed by atoms with Gasteiger partial charge in [0.15, 0.2) is 5.96 Å². The Kier molecular flexibility index (Phi) is 6.71. The maximum absolute atomic E-state index is 5.45. The summed E-state index contributed by atoms with van der Waals surface area (Å²) in [5.74, 6) is 2.49. The van der Waals surface area contributed by atoms with Gasteiger partial charge in [-0.25, -0.2) is 0 Å². The lowest BCUT2D eigenvalue weighted by atomic mass is 10.1. The SMILES string of the molecule is CN=C(NCCc1cc(C)ccc1OC)N(C)CC1CCOC1. The number of hydrogen-bond donors (Lipinski definition) is 1. The second-order valence-electron chi connectivity index (χ2n) is 6.15. The first kappa shape index (κ1) is 17.6. The molecule has 0 aromatic heterocycles. The first-order valence-electron chi connectivity index (χ1n) is 8.27. The Morgan fingerprint density at radius 1 is 1.48 bits per heavy atom.